The van der Waals surface area contributed by atoms with Crippen molar-refractivity contribution in [3.05, 3.63) is 89.5 Å². The molecular formula is C26H32O4. The van der Waals surface area contributed by atoms with Crippen molar-refractivity contribution in [1.29, 1.82) is 0 Å². The molecule has 3 N–H and O–H groups in total. The number of phenols is 1. The summed E-state index contributed by atoms with van der Waals surface area (Å²) < 4.78 is 5.73. The van der Waals surface area contributed by atoms with Crippen LogP contribution in [0.1, 0.15) is 38.2 Å². The summed E-state index contributed by atoms with van der Waals surface area (Å²) in [4.78, 5) is 0. The molecule has 1 unspecified atom stereocenters. The van der Waals surface area contributed by atoms with Crippen molar-refractivity contribution in [2.24, 2.45) is 0 Å². The second-order valence-corrected chi connectivity index (χ2v) is 7.25. The molecule has 0 spiro atoms. The number of hydrogen-bond acceptors (Lipinski definition) is 4. The van der Waals surface area contributed by atoms with Crippen LogP contribution in [0.3, 0.4) is 0 Å². The second kappa shape index (κ2) is 12.7. The van der Waals surface area contributed by atoms with E-state index in [1.54, 1.807) is 18.2 Å². The fraction of sp³-hybridized carbons (Fsp3) is 0.308. The summed E-state index contributed by atoms with van der Waals surface area (Å²) in [5.41, 5.74) is 3.53. The molecular weight excluding hydrogens is 376 g/mol. The van der Waals surface area contributed by atoms with Gasteiger partial charge < -0.3 is 20.1 Å². The molecule has 4 heteroatoms. The van der Waals surface area contributed by atoms with Gasteiger partial charge in [-0.1, -0.05) is 68.0 Å². The van der Waals surface area contributed by atoms with Crippen molar-refractivity contribution in [3.8, 4) is 11.5 Å². The van der Waals surface area contributed by atoms with E-state index in [4.69, 9.17) is 4.74 Å². The molecule has 0 amide bonds. The highest BCUT2D eigenvalue weighted by Crippen LogP contribution is 2.24. The lowest BCUT2D eigenvalue weighted by Gasteiger charge is -2.19. The minimum absolute atomic E-state index is 0.165. The number of phenolic OH excluding ortho intramolecular Hbond substituents is 1. The third kappa shape index (κ3) is 7.90. The Balaban J connectivity index is 1.99. The first kappa shape index (κ1) is 23.5. The van der Waals surface area contributed by atoms with E-state index in [2.05, 4.69) is 19.6 Å². The van der Waals surface area contributed by atoms with Gasteiger partial charge in [-0.05, 0) is 60.2 Å². The average Bonchev–Trinajstić information content (AvgIpc) is 2.76. The maximum atomic E-state index is 10.8. The zero-order valence-electron chi connectivity index (χ0n) is 17.6. The highest BCUT2D eigenvalue weighted by Gasteiger charge is 2.15. The SMILES string of the molecule is C=C(COc1ccccc1)/C(=C/CO)C(O)CC/C(=C/c1ccc(O)cc1)CCC. The van der Waals surface area contributed by atoms with Crippen LogP contribution in [0.25, 0.3) is 6.08 Å². The Bertz CT molecular complexity index is 835. The van der Waals surface area contributed by atoms with E-state index in [-0.39, 0.29) is 19.0 Å². The summed E-state index contributed by atoms with van der Waals surface area (Å²) in [6, 6.07) is 16.5. The first-order chi connectivity index (χ1) is 14.5. The van der Waals surface area contributed by atoms with Crippen LogP contribution in [-0.4, -0.2) is 34.6 Å². The molecule has 0 saturated heterocycles. The summed E-state index contributed by atoms with van der Waals surface area (Å²) in [6.45, 7) is 6.26. The van der Waals surface area contributed by atoms with Gasteiger partial charge in [-0.3, -0.25) is 0 Å². The molecule has 0 fully saturated rings. The lowest BCUT2D eigenvalue weighted by molar-refractivity contribution is 0.198. The van der Waals surface area contributed by atoms with Gasteiger partial charge in [0.25, 0.3) is 0 Å². The van der Waals surface area contributed by atoms with Crippen molar-refractivity contribution < 1.29 is 20.1 Å². The summed E-state index contributed by atoms with van der Waals surface area (Å²) in [5.74, 6) is 0.980. The molecule has 0 aliphatic carbocycles. The lowest BCUT2D eigenvalue weighted by atomic mass is 9.94. The predicted molar refractivity (Wildman–Crippen MR) is 122 cm³/mol. The van der Waals surface area contributed by atoms with Gasteiger partial charge in [0.2, 0.25) is 0 Å². The van der Waals surface area contributed by atoms with E-state index in [0.717, 1.165) is 30.6 Å². The number of hydrogen-bond donors (Lipinski definition) is 3. The molecule has 2 aromatic rings. The summed E-state index contributed by atoms with van der Waals surface area (Å²) in [7, 11) is 0. The van der Waals surface area contributed by atoms with Crippen molar-refractivity contribution in [2.45, 2.75) is 38.7 Å². The topological polar surface area (TPSA) is 69.9 Å². The fourth-order valence-electron chi connectivity index (χ4n) is 3.26. The van der Waals surface area contributed by atoms with Crippen molar-refractivity contribution in [1.82, 2.24) is 0 Å². The van der Waals surface area contributed by atoms with Crippen LogP contribution in [0.4, 0.5) is 0 Å². The van der Waals surface area contributed by atoms with E-state index >= 15 is 0 Å². The standard InChI is InChI=1S/C26H32O4/c1-3-7-21(18-22-10-13-23(28)14-11-22)12-15-26(29)25(16-17-27)20(2)19-30-24-8-5-4-6-9-24/h4-6,8-11,13-14,16,18,26-29H,2-3,7,12,15,17,19H2,1H3/b21-18+,25-16-. The Kier molecular flexibility index (Phi) is 9.92. The van der Waals surface area contributed by atoms with Crippen molar-refractivity contribution in [2.75, 3.05) is 13.2 Å². The van der Waals surface area contributed by atoms with Gasteiger partial charge in [-0.15, -0.1) is 0 Å². The molecule has 2 rings (SSSR count). The maximum absolute atomic E-state index is 10.8. The number of allylic oxidation sites excluding steroid dienone is 1. The van der Waals surface area contributed by atoms with Crippen molar-refractivity contribution in [3.63, 3.8) is 0 Å². The van der Waals surface area contributed by atoms with Gasteiger partial charge >= 0.3 is 0 Å². The van der Waals surface area contributed by atoms with Crippen LogP contribution < -0.4 is 4.74 Å². The Morgan fingerprint density at radius 2 is 1.77 bits per heavy atom. The number of aliphatic hydroxyl groups is 2. The van der Waals surface area contributed by atoms with Gasteiger partial charge in [0.05, 0.1) is 12.7 Å². The zero-order valence-corrected chi connectivity index (χ0v) is 17.6. The fourth-order valence-corrected chi connectivity index (χ4v) is 3.26. The molecule has 30 heavy (non-hydrogen) atoms. The Morgan fingerprint density at radius 1 is 1.07 bits per heavy atom. The Labute approximate surface area is 179 Å². The normalized spacial score (nSPS) is 13.2. The summed E-state index contributed by atoms with van der Waals surface area (Å²) in [6.07, 6.45) is 6.18. The highest BCUT2D eigenvalue weighted by atomic mass is 16.5. The second-order valence-electron chi connectivity index (χ2n) is 7.25. The highest BCUT2D eigenvalue weighted by molar-refractivity contribution is 5.54. The third-order valence-corrected chi connectivity index (χ3v) is 4.81. The third-order valence-electron chi connectivity index (χ3n) is 4.81. The zero-order chi connectivity index (χ0) is 21.8. The number of aliphatic hydroxyl groups excluding tert-OH is 2. The number of aromatic hydroxyl groups is 1. The number of ether oxygens (including phenoxy) is 1. The van der Waals surface area contributed by atoms with Gasteiger partial charge in [0.15, 0.2) is 0 Å². The minimum Gasteiger partial charge on any atom is -0.508 e. The minimum atomic E-state index is -0.732. The monoisotopic (exact) mass is 408 g/mol. The van der Waals surface area contributed by atoms with Crippen LogP contribution in [-0.2, 0) is 0 Å². The van der Waals surface area contributed by atoms with Gasteiger partial charge in [-0.25, -0.2) is 0 Å². The van der Waals surface area contributed by atoms with E-state index in [0.29, 0.717) is 17.6 Å². The lowest BCUT2D eigenvalue weighted by Crippen LogP contribution is -2.16. The number of rotatable bonds is 12. The molecule has 0 aliphatic rings. The number of para-hydroxylation sites is 1. The van der Waals surface area contributed by atoms with Crippen LogP contribution >= 0.6 is 0 Å². The molecule has 2 aromatic carbocycles. The van der Waals surface area contributed by atoms with Crippen LogP contribution in [0.2, 0.25) is 0 Å². The molecule has 0 aromatic heterocycles. The molecule has 160 valence electrons. The van der Waals surface area contributed by atoms with Crippen molar-refractivity contribution >= 4 is 6.08 Å². The molecule has 0 radical (unpaired) electrons. The van der Waals surface area contributed by atoms with Crippen LogP contribution in [0.15, 0.2) is 84.0 Å². The van der Waals surface area contributed by atoms with Crippen LogP contribution in [0, 0.1) is 0 Å². The Hall–Kier alpha value is -2.82. The predicted octanol–water partition coefficient (Wildman–Crippen LogP) is 5.27. The van der Waals surface area contributed by atoms with Gasteiger partial charge in [0, 0.05) is 0 Å². The first-order valence-electron chi connectivity index (χ1n) is 10.4. The molecule has 0 aliphatic heterocycles. The molecule has 1 atom stereocenters. The molecule has 4 nitrogen and oxygen atoms in total. The van der Waals surface area contributed by atoms with E-state index in [9.17, 15) is 15.3 Å². The summed E-state index contributed by atoms with van der Waals surface area (Å²) >= 11 is 0. The quantitative estimate of drug-likeness (QED) is 0.419. The largest absolute Gasteiger partial charge is 0.508 e. The van der Waals surface area contributed by atoms with Gasteiger partial charge in [0.1, 0.15) is 18.1 Å². The number of benzene rings is 2. The first-order valence-corrected chi connectivity index (χ1v) is 10.4. The maximum Gasteiger partial charge on any atom is 0.119 e. The molecule has 0 bridgehead atoms. The van der Waals surface area contributed by atoms with Crippen LogP contribution in [0.5, 0.6) is 11.5 Å². The average molecular weight is 409 g/mol. The Morgan fingerprint density at radius 3 is 2.40 bits per heavy atom. The van der Waals surface area contributed by atoms with E-state index in [1.165, 1.54) is 5.57 Å². The molecule has 0 saturated carbocycles. The van der Waals surface area contributed by atoms with Gasteiger partial charge in [-0.2, -0.15) is 0 Å². The summed E-state index contributed by atoms with van der Waals surface area (Å²) in [5, 5.41) is 29.6. The smallest absolute Gasteiger partial charge is 0.119 e. The molecule has 0 heterocycles. The van der Waals surface area contributed by atoms with E-state index < -0.39 is 6.10 Å². The van der Waals surface area contributed by atoms with E-state index in [1.807, 2.05) is 42.5 Å².